The summed E-state index contributed by atoms with van der Waals surface area (Å²) < 4.78 is 12.8. The maximum Gasteiger partial charge on any atom is 0.225 e. The van der Waals surface area contributed by atoms with Crippen LogP contribution in [0.15, 0.2) is 36.5 Å². The van der Waals surface area contributed by atoms with E-state index in [9.17, 15) is 4.39 Å². The topological polar surface area (TPSA) is 29.0 Å². The molecule has 0 amide bonds. The van der Waals surface area contributed by atoms with Crippen molar-refractivity contribution in [3.05, 3.63) is 53.6 Å². The van der Waals surface area contributed by atoms with Gasteiger partial charge in [-0.25, -0.2) is 14.4 Å². The third-order valence-corrected chi connectivity index (χ3v) is 3.37. The molecule has 0 radical (unpaired) electrons. The number of aromatic nitrogens is 2. The second kappa shape index (κ2) is 5.82. The molecule has 1 aromatic carbocycles. The van der Waals surface area contributed by atoms with Gasteiger partial charge in [-0.2, -0.15) is 0 Å². The monoisotopic (exact) mass is 269 g/mol. The Morgan fingerprint density at radius 3 is 2.50 bits per heavy atom. The van der Waals surface area contributed by atoms with Crippen LogP contribution in [0.1, 0.15) is 24.1 Å². The summed E-state index contributed by atoms with van der Waals surface area (Å²) in [6.45, 7) is 2.07. The smallest absolute Gasteiger partial charge is 0.225 e. The first-order valence-corrected chi connectivity index (χ1v) is 6.83. The normalized spacial score (nSPS) is 15.2. The molecule has 4 heteroatoms. The van der Waals surface area contributed by atoms with Gasteiger partial charge in [0.1, 0.15) is 5.82 Å². The molecule has 0 bridgehead atoms. The first-order valence-electron chi connectivity index (χ1n) is 6.83. The molecule has 2 aromatic rings. The van der Waals surface area contributed by atoms with E-state index in [1.165, 1.54) is 25.0 Å². The first kappa shape index (κ1) is 12.8. The van der Waals surface area contributed by atoms with Gasteiger partial charge in [-0.15, -0.1) is 0 Å². The molecular formula is C16H16FN3. The maximum absolute atomic E-state index is 12.8. The van der Waals surface area contributed by atoms with Gasteiger partial charge in [-0.1, -0.05) is 18.2 Å². The Balaban J connectivity index is 1.76. The summed E-state index contributed by atoms with van der Waals surface area (Å²) in [6.07, 6.45) is 8.05. The number of halogens is 1. The minimum atomic E-state index is -0.222. The van der Waals surface area contributed by atoms with E-state index in [2.05, 4.69) is 14.9 Å². The van der Waals surface area contributed by atoms with Crippen molar-refractivity contribution in [3.8, 4) is 0 Å². The Morgan fingerprint density at radius 2 is 1.75 bits per heavy atom. The summed E-state index contributed by atoms with van der Waals surface area (Å²) in [7, 11) is 0. The summed E-state index contributed by atoms with van der Waals surface area (Å²) >= 11 is 0. The molecule has 0 saturated carbocycles. The second-order valence-electron chi connectivity index (χ2n) is 4.86. The molecule has 1 saturated heterocycles. The zero-order valence-corrected chi connectivity index (χ0v) is 11.2. The maximum atomic E-state index is 12.8. The summed E-state index contributed by atoms with van der Waals surface area (Å²) in [5.41, 5.74) is 1.82. The van der Waals surface area contributed by atoms with Crippen molar-refractivity contribution in [2.75, 3.05) is 18.0 Å². The lowest BCUT2D eigenvalue weighted by molar-refractivity contribution is 0.628. The van der Waals surface area contributed by atoms with Crippen LogP contribution in [-0.4, -0.2) is 23.1 Å². The van der Waals surface area contributed by atoms with E-state index in [0.29, 0.717) is 0 Å². The summed E-state index contributed by atoms with van der Waals surface area (Å²) in [5.74, 6) is 0.573. The van der Waals surface area contributed by atoms with Crippen molar-refractivity contribution >= 4 is 18.1 Å². The largest absolute Gasteiger partial charge is 0.341 e. The Kier molecular flexibility index (Phi) is 3.72. The Labute approximate surface area is 117 Å². The molecule has 2 heterocycles. The van der Waals surface area contributed by atoms with E-state index in [1.807, 2.05) is 18.2 Å². The van der Waals surface area contributed by atoms with Gasteiger partial charge in [0.15, 0.2) is 0 Å². The van der Waals surface area contributed by atoms with E-state index < -0.39 is 0 Å². The number of rotatable bonds is 3. The zero-order chi connectivity index (χ0) is 13.8. The number of nitrogens with zero attached hydrogens (tertiary/aromatic N) is 3. The van der Waals surface area contributed by atoms with Gasteiger partial charge in [0.05, 0.1) is 5.69 Å². The van der Waals surface area contributed by atoms with E-state index >= 15 is 0 Å². The molecule has 0 spiro atoms. The van der Waals surface area contributed by atoms with E-state index in [-0.39, 0.29) is 5.82 Å². The highest BCUT2D eigenvalue weighted by molar-refractivity contribution is 5.68. The Morgan fingerprint density at radius 1 is 1.00 bits per heavy atom. The van der Waals surface area contributed by atoms with Gasteiger partial charge in [-0.3, -0.25) is 0 Å². The summed E-state index contributed by atoms with van der Waals surface area (Å²) in [6, 6.07) is 8.27. The second-order valence-corrected chi connectivity index (χ2v) is 4.86. The van der Waals surface area contributed by atoms with Crippen molar-refractivity contribution in [2.45, 2.75) is 12.8 Å². The van der Waals surface area contributed by atoms with Gasteiger partial charge in [0.25, 0.3) is 0 Å². The van der Waals surface area contributed by atoms with Crippen molar-refractivity contribution < 1.29 is 4.39 Å². The lowest BCUT2D eigenvalue weighted by atomic mass is 10.2. The zero-order valence-electron chi connectivity index (χ0n) is 11.2. The molecule has 3 rings (SSSR count). The SMILES string of the molecule is Fc1ccc(/C=C/c2ccnc(N3CCCC3)n2)cc1. The van der Waals surface area contributed by atoms with Gasteiger partial charge < -0.3 is 4.90 Å². The molecule has 0 atom stereocenters. The molecule has 0 N–H and O–H groups in total. The van der Waals surface area contributed by atoms with Crippen LogP contribution in [0.4, 0.5) is 10.3 Å². The van der Waals surface area contributed by atoms with Gasteiger partial charge >= 0.3 is 0 Å². The van der Waals surface area contributed by atoms with Crippen LogP contribution in [0.25, 0.3) is 12.2 Å². The van der Waals surface area contributed by atoms with Crippen LogP contribution in [0, 0.1) is 5.82 Å². The van der Waals surface area contributed by atoms with Gasteiger partial charge in [-0.05, 0) is 42.7 Å². The van der Waals surface area contributed by atoms with Crippen molar-refractivity contribution in [1.82, 2.24) is 9.97 Å². The number of hydrogen-bond acceptors (Lipinski definition) is 3. The molecule has 0 aliphatic carbocycles. The van der Waals surface area contributed by atoms with E-state index in [1.54, 1.807) is 18.3 Å². The highest BCUT2D eigenvalue weighted by Gasteiger charge is 2.14. The summed E-state index contributed by atoms with van der Waals surface area (Å²) in [5, 5.41) is 0. The van der Waals surface area contributed by atoms with Crippen LogP contribution in [0.3, 0.4) is 0 Å². The van der Waals surface area contributed by atoms with Crippen molar-refractivity contribution in [3.63, 3.8) is 0 Å². The molecule has 1 aliphatic rings. The van der Waals surface area contributed by atoms with Crippen LogP contribution in [0.5, 0.6) is 0 Å². The minimum Gasteiger partial charge on any atom is -0.341 e. The highest BCUT2D eigenvalue weighted by atomic mass is 19.1. The van der Waals surface area contributed by atoms with Crippen molar-refractivity contribution in [2.24, 2.45) is 0 Å². The predicted molar refractivity (Wildman–Crippen MR) is 78.8 cm³/mol. The highest BCUT2D eigenvalue weighted by Crippen LogP contribution is 2.16. The first-order chi connectivity index (χ1) is 9.81. The van der Waals surface area contributed by atoms with E-state index in [0.717, 1.165) is 30.3 Å². The third kappa shape index (κ3) is 3.02. The lowest BCUT2D eigenvalue weighted by Gasteiger charge is -2.14. The van der Waals surface area contributed by atoms with E-state index in [4.69, 9.17) is 0 Å². The molecule has 3 nitrogen and oxygen atoms in total. The molecule has 1 aromatic heterocycles. The molecule has 0 unspecified atom stereocenters. The quantitative estimate of drug-likeness (QED) is 0.855. The molecule has 20 heavy (non-hydrogen) atoms. The Bertz CT molecular complexity index is 601. The van der Waals surface area contributed by atoms with Crippen LogP contribution >= 0.6 is 0 Å². The minimum absolute atomic E-state index is 0.222. The van der Waals surface area contributed by atoms with Gasteiger partial charge in [0, 0.05) is 19.3 Å². The van der Waals surface area contributed by atoms with Crippen molar-refractivity contribution in [1.29, 1.82) is 0 Å². The molecular weight excluding hydrogens is 253 g/mol. The van der Waals surface area contributed by atoms with Gasteiger partial charge in [0.2, 0.25) is 5.95 Å². The standard InChI is InChI=1S/C16H16FN3/c17-14-6-3-13(4-7-14)5-8-15-9-10-18-16(19-15)20-11-1-2-12-20/h3-10H,1-2,11-12H2/b8-5+. The fourth-order valence-electron chi connectivity index (χ4n) is 2.28. The number of anilines is 1. The number of benzene rings is 1. The van der Waals surface area contributed by atoms with Crippen LogP contribution in [-0.2, 0) is 0 Å². The average Bonchev–Trinajstić information content (AvgIpc) is 3.01. The lowest BCUT2D eigenvalue weighted by Crippen LogP contribution is -2.20. The average molecular weight is 269 g/mol. The molecule has 1 aliphatic heterocycles. The number of hydrogen-bond donors (Lipinski definition) is 0. The fraction of sp³-hybridized carbons (Fsp3) is 0.250. The molecule has 1 fully saturated rings. The summed E-state index contributed by atoms with van der Waals surface area (Å²) in [4.78, 5) is 11.1. The molecule has 102 valence electrons. The Hall–Kier alpha value is -2.23. The fourth-order valence-corrected chi connectivity index (χ4v) is 2.28. The van der Waals surface area contributed by atoms with Crippen LogP contribution < -0.4 is 4.90 Å². The third-order valence-electron chi connectivity index (χ3n) is 3.37. The predicted octanol–water partition coefficient (Wildman–Crippen LogP) is 3.39. The van der Waals surface area contributed by atoms with Crippen LogP contribution in [0.2, 0.25) is 0 Å².